The number of oxime groups is 1. The van der Waals surface area contributed by atoms with Crippen molar-refractivity contribution in [1.29, 1.82) is 0 Å². The second kappa shape index (κ2) is 5.16. The third kappa shape index (κ3) is 2.67. The lowest BCUT2D eigenvalue weighted by atomic mass is 10.0. The number of amides is 1. The fourth-order valence-corrected chi connectivity index (χ4v) is 1.86. The number of aryl methyl sites for hydroxylation is 1. The molecule has 0 spiro atoms. The Hall–Kier alpha value is -1.91. The number of nitrogens with zero attached hydrogens (tertiary/aromatic N) is 1. The van der Waals surface area contributed by atoms with Crippen molar-refractivity contribution < 1.29 is 14.0 Å². The number of carbonyl (C=O) groups excluding carboxylic acids is 1. The predicted molar refractivity (Wildman–Crippen MR) is 65.8 cm³/mol. The molecular formula is C13H15FN2O2. The van der Waals surface area contributed by atoms with Crippen LogP contribution in [0.2, 0.25) is 0 Å². The fourth-order valence-electron chi connectivity index (χ4n) is 1.86. The van der Waals surface area contributed by atoms with Gasteiger partial charge in [0.15, 0.2) is 0 Å². The summed E-state index contributed by atoms with van der Waals surface area (Å²) in [7, 11) is 1.57. The zero-order chi connectivity index (χ0) is 13.1. The highest BCUT2D eigenvalue weighted by molar-refractivity contribution is 6.01. The average molecular weight is 250 g/mol. The third-order valence-electron chi connectivity index (χ3n) is 2.86. The van der Waals surface area contributed by atoms with Gasteiger partial charge >= 0.3 is 0 Å². The Morgan fingerprint density at radius 2 is 2.39 bits per heavy atom. The number of benzene rings is 1. The Morgan fingerprint density at radius 3 is 3.06 bits per heavy atom. The first kappa shape index (κ1) is 12.5. The van der Waals surface area contributed by atoms with Crippen molar-refractivity contribution in [3.63, 3.8) is 0 Å². The Bertz CT molecular complexity index is 500. The summed E-state index contributed by atoms with van der Waals surface area (Å²) in [5.74, 6) is -0.418. The van der Waals surface area contributed by atoms with Crippen molar-refractivity contribution >= 4 is 11.6 Å². The molecule has 18 heavy (non-hydrogen) atoms. The summed E-state index contributed by atoms with van der Waals surface area (Å²) < 4.78 is 13.7. The van der Waals surface area contributed by atoms with Gasteiger partial charge in [0.05, 0.1) is 12.1 Å². The van der Waals surface area contributed by atoms with Gasteiger partial charge in [-0.3, -0.25) is 4.79 Å². The van der Waals surface area contributed by atoms with Gasteiger partial charge in [0.25, 0.3) is 0 Å². The minimum atomic E-state index is -0.307. The van der Waals surface area contributed by atoms with E-state index in [-0.39, 0.29) is 24.2 Å². The lowest BCUT2D eigenvalue weighted by Crippen LogP contribution is -2.24. The van der Waals surface area contributed by atoms with Crippen LogP contribution in [0.25, 0.3) is 0 Å². The summed E-state index contributed by atoms with van der Waals surface area (Å²) >= 11 is 0. The molecule has 1 aromatic carbocycles. The molecule has 0 radical (unpaired) electrons. The molecule has 1 aliphatic rings. The molecule has 1 unspecified atom stereocenters. The zero-order valence-electron chi connectivity index (χ0n) is 10.4. The molecule has 1 amide bonds. The number of rotatable bonds is 3. The Kier molecular flexibility index (Phi) is 3.60. The summed E-state index contributed by atoms with van der Waals surface area (Å²) in [4.78, 5) is 16.3. The van der Waals surface area contributed by atoms with Crippen LogP contribution in [0.15, 0.2) is 23.4 Å². The molecule has 1 aromatic rings. The van der Waals surface area contributed by atoms with Gasteiger partial charge in [-0.1, -0.05) is 11.2 Å². The molecule has 1 heterocycles. The van der Waals surface area contributed by atoms with E-state index in [4.69, 9.17) is 4.84 Å². The van der Waals surface area contributed by atoms with Crippen molar-refractivity contribution in [3.8, 4) is 0 Å². The molecule has 96 valence electrons. The first-order chi connectivity index (χ1) is 8.60. The van der Waals surface area contributed by atoms with Crippen LogP contribution in [0.5, 0.6) is 0 Å². The Balaban J connectivity index is 2.06. The van der Waals surface area contributed by atoms with Gasteiger partial charge in [-0.2, -0.15) is 0 Å². The quantitative estimate of drug-likeness (QED) is 0.888. The number of hydrogen-bond donors (Lipinski definition) is 1. The SMILES string of the molecule is CNC(=O)CC1CC(c2ccc(C)cc2F)=NO1. The molecule has 0 fully saturated rings. The Morgan fingerprint density at radius 1 is 1.61 bits per heavy atom. The Labute approximate surface area is 105 Å². The van der Waals surface area contributed by atoms with Crippen molar-refractivity contribution in [2.45, 2.75) is 25.9 Å². The van der Waals surface area contributed by atoms with E-state index in [1.54, 1.807) is 13.1 Å². The van der Waals surface area contributed by atoms with Crippen molar-refractivity contribution in [1.82, 2.24) is 5.32 Å². The van der Waals surface area contributed by atoms with Crippen molar-refractivity contribution in [2.24, 2.45) is 5.16 Å². The van der Waals surface area contributed by atoms with Gasteiger partial charge in [-0.05, 0) is 24.6 Å². The minimum Gasteiger partial charge on any atom is -0.391 e. The largest absolute Gasteiger partial charge is 0.391 e. The maximum Gasteiger partial charge on any atom is 0.223 e. The molecule has 2 rings (SSSR count). The van der Waals surface area contributed by atoms with Crippen LogP contribution < -0.4 is 5.32 Å². The summed E-state index contributed by atoms with van der Waals surface area (Å²) in [5, 5.41) is 6.38. The zero-order valence-corrected chi connectivity index (χ0v) is 10.4. The van der Waals surface area contributed by atoms with Gasteiger partial charge in [-0.15, -0.1) is 0 Å². The van der Waals surface area contributed by atoms with E-state index in [9.17, 15) is 9.18 Å². The van der Waals surface area contributed by atoms with Crippen LogP contribution in [0.4, 0.5) is 4.39 Å². The van der Waals surface area contributed by atoms with E-state index in [0.717, 1.165) is 5.56 Å². The number of halogens is 1. The molecular weight excluding hydrogens is 235 g/mol. The number of hydrogen-bond acceptors (Lipinski definition) is 3. The standard InChI is InChI=1S/C13H15FN2O2/c1-8-3-4-10(11(14)5-8)12-6-9(18-16-12)7-13(17)15-2/h3-5,9H,6-7H2,1-2H3,(H,15,17). The van der Waals surface area contributed by atoms with E-state index in [0.29, 0.717) is 17.7 Å². The summed E-state index contributed by atoms with van der Waals surface area (Å²) in [5.41, 5.74) is 1.86. The van der Waals surface area contributed by atoms with Gasteiger partial charge in [0.1, 0.15) is 11.9 Å². The molecule has 1 atom stereocenters. The van der Waals surface area contributed by atoms with Gasteiger partial charge in [0.2, 0.25) is 5.91 Å². The summed E-state index contributed by atoms with van der Waals surface area (Å²) in [6.45, 7) is 1.83. The maximum absolute atomic E-state index is 13.7. The monoisotopic (exact) mass is 250 g/mol. The van der Waals surface area contributed by atoms with Crippen LogP contribution in [-0.4, -0.2) is 24.8 Å². The summed E-state index contributed by atoms with van der Waals surface area (Å²) in [6.07, 6.45) is 0.380. The highest BCUT2D eigenvalue weighted by Crippen LogP contribution is 2.21. The minimum absolute atomic E-state index is 0.110. The van der Waals surface area contributed by atoms with E-state index in [1.807, 2.05) is 13.0 Å². The van der Waals surface area contributed by atoms with Gasteiger partial charge < -0.3 is 10.2 Å². The predicted octanol–water partition coefficient (Wildman–Crippen LogP) is 1.76. The molecule has 0 saturated carbocycles. The van der Waals surface area contributed by atoms with Crippen LogP contribution in [0.1, 0.15) is 24.0 Å². The van der Waals surface area contributed by atoms with Crippen LogP contribution in [0, 0.1) is 12.7 Å². The summed E-state index contributed by atoms with van der Waals surface area (Å²) in [6, 6.07) is 4.98. The highest BCUT2D eigenvalue weighted by Gasteiger charge is 2.25. The number of nitrogens with one attached hydrogen (secondary N) is 1. The maximum atomic E-state index is 13.7. The average Bonchev–Trinajstić information content (AvgIpc) is 2.77. The second-order valence-corrected chi connectivity index (χ2v) is 4.33. The molecule has 5 heteroatoms. The fraction of sp³-hybridized carbons (Fsp3) is 0.385. The van der Waals surface area contributed by atoms with Crippen LogP contribution in [0.3, 0.4) is 0 Å². The molecule has 1 aliphatic heterocycles. The smallest absolute Gasteiger partial charge is 0.223 e. The highest BCUT2D eigenvalue weighted by atomic mass is 19.1. The van der Waals surface area contributed by atoms with Crippen LogP contribution >= 0.6 is 0 Å². The lowest BCUT2D eigenvalue weighted by molar-refractivity contribution is -0.123. The van der Waals surface area contributed by atoms with Crippen molar-refractivity contribution in [3.05, 3.63) is 35.1 Å². The van der Waals surface area contributed by atoms with E-state index in [2.05, 4.69) is 10.5 Å². The molecule has 0 bridgehead atoms. The molecule has 4 nitrogen and oxygen atoms in total. The van der Waals surface area contributed by atoms with E-state index in [1.165, 1.54) is 6.07 Å². The van der Waals surface area contributed by atoms with E-state index >= 15 is 0 Å². The second-order valence-electron chi connectivity index (χ2n) is 4.33. The van der Waals surface area contributed by atoms with Crippen LogP contribution in [-0.2, 0) is 9.63 Å². The van der Waals surface area contributed by atoms with Gasteiger partial charge in [-0.25, -0.2) is 4.39 Å². The topological polar surface area (TPSA) is 50.7 Å². The normalized spacial score (nSPS) is 18.2. The number of carbonyl (C=O) groups is 1. The van der Waals surface area contributed by atoms with Gasteiger partial charge in [0, 0.05) is 19.0 Å². The van der Waals surface area contributed by atoms with Crippen molar-refractivity contribution in [2.75, 3.05) is 7.05 Å². The first-order valence-corrected chi connectivity index (χ1v) is 5.80. The lowest BCUT2D eigenvalue weighted by Gasteiger charge is -2.06. The molecule has 0 aromatic heterocycles. The van der Waals surface area contributed by atoms with E-state index < -0.39 is 0 Å². The first-order valence-electron chi connectivity index (χ1n) is 5.80. The molecule has 1 N–H and O–H groups in total. The molecule has 0 aliphatic carbocycles. The third-order valence-corrected chi connectivity index (χ3v) is 2.86. The molecule has 0 saturated heterocycles.